The van der Waals surface area contributed by atoms with Gasteiger partial charge in [-0.25, -0.2) is 0 Å². The maximum Gasteiger partial charge on any atom is 0.254 e. The van der Waals surface area contributed by atoms with Gasteiger partial charge in [0.15, 0.2) is 11.5 Å². The van der Waals surface area contributed by atoms with Crippen molar-refractivity contribution >= 4 is 17.7 Å². The number of aliphatic hydroxyl groups is 2. The van der Waals surface area contributed by atoms with Crippen LogP contribution in [0.1, 0.15) is 35.2 Å². The zero-order valence-electron chi connectivity index (χ0n) is 22.0. The molecule has 0 spiro atoms. The lowest BCUT2D eigenvalue weighted by Gasteiger charge is -2.39. The first kappa shape index (κ1) is 28.3. The average Bonchev–Trinajstić information content (AvgIpc) is 2.94. The predicted octanol–water partition coefficient (Wildman–Crippen LogP) is 1.31. The molecule has 2 aromatic carbocycles. The Morgan fingerprint density at radius 1 is 1.15 bits per heavy atom. The summed E-state index contributed by atoms with van der Waals surface area (Å²) in [5.41, 5.74) is 1.16. The number of benzene rings is 2. The molecule has 0 saturated carbocycles. The number of hydrogen-bond donors (Lipinski definition) is 3. The van der Waals surface area contributed by atoms with E-state index in [-0.39, 0.29) is 57.9 Å². The fraction of sp³-hybridized carbons (Fsp3) is 0.464. The van der Waals surface area contributed by atoms with Gasteiger partial charge in [0.25, 0.3) is 5.91 Å². The molecule has 0 aromatic heterocycles. The molecular formula is C28H35N3O8. The Kier molecular flexibility index (Phi) is 9.74. The first-order valence-electron chi connectivity index (χ1n) is 13.1. The number of likely N-dealkylation sites (tertiary alicyclic amines) is 1. The van der Waals surface area contributed by atoms with Crippen molar-refractivity contribution in [3.63, 3.8) is 0 Å². The summed E-state index contributed by atoms with van der Waals surface area (Å²) in [5, 5.41) is 21.6. The second-order valence-electron chi connectivity index (χ2n) is 9.54. The fourth-order valence-corrected chi connectivity index (χ4v) is 4.79. The molecule has 0 aliphatic carbocycles. The highest BCUT2D eigenvalue weighted by molar-refractivity contribution is 5.97. The zero-order chi connectivity index (χ0) is 27.8. The van der Waals surface area contributed by atoms with E-state index in [4.69, 9.17) is 14.2 Å². The van der Waals surface area contributed by atoms with Gasteiger partial charge in [0.2, 0.25) is 11.8 Å². The van der Waals surface area contributed by atoms with E-state index in [1.165, 1.54) is 12.0 Å². The van der Waals surface area contributed by atoms with Crippen LogP contribution in [0.15, 0.2) is 42.5 Å². The highest BCUT2D eigenvalue weighted by atomic mass is 16.5. The highest BCUT2D eigenvalue weighted by Crippen LogP contribution is 2.33. The molecule has 2 aromatic rings. The maximum absolute atomic E-state index is 13.5. The second kappa shape index (κ2) is 13.4. The first-order chi connectivity index (χ1) is 18.9. The molecule has 2 aliphatic rings. The largest absolute Gasteiger partial charge is 0.493 e. The molecule has 11 heteroatoms. The monoisotopic (exact) mass is 541 g/mol. The van der Waals surface area contributed by atoms with E-state index in [0.29, 0.717) is 42.2 Å². The minimum absolute atomic E-state index is 0.00622. The van der Waals surface area contributed by atoms with Gasteiger partial charge >= 0.3 is 0 Å². The van der Waals surface area contributed by atoms with Gasteiger partial charge in [0.1, 0.15) is 5.75 Å². The van der Waals surface area contributed by atoms with Crippen molar-refractivity contribution in [1.29, 1.82) is 0 Å². The van der Waals surface area contributed by atoms with Crippen molar-refractivity contribution < 1.29 is 38.8 Å². The summed E-state index contributed by atoms with van der Waals surface area (Å²) in [6, 6.07) is 11.7. The van der Waals surface area contributed by atoms with E-state index >= 15 is 0 Å². The number of amides is 3. The Morgan fingerprint density at radius 2 is 2.00 bits per heavy atom. The van der Waals surface area contributed by atoms with Crippen LogP contribution in [0, 0.1) is 0 Å². The van der Waals surface area contributed by atoms with Crippen LogP contribution < -0.4 is 14.8 Å². The molecule has 4 rings (SSSR count). The lowest BCUT2D eigenvalue weighted by molar-refractivity contribution is -0.138. The minimum Gasteiger partial charge on any atom is -0.493 e. The number of carbonyl (C=O) groups excluding carboxylic acids is 3. The molecule has 4 bridgehead atoms. The number of aliphatic hydroxyl groups excluding tert-OH is 2. The van der Waals surface area contributed by atoms with Crippen LogP contribution in [0.3, 0.4) is 0 Å². The third-order valence-corrected chi connectivity index (χ3v) is 6.78. The van der Waals surface area contributed by atoms with Gasteiger partial charge in [-0.05, 0) is 48.7 Å². The van der Waals surface area contributed by atoms with Crippen LogP contribution in [0.5, 0.6) is 17.2 Å². The van der Waals surface area contributed by atoms with Crippen molar-refractivity contribution in [3.05, 3.63) is 53.6 Å². The number of nitrogens with one attached hydrogen (secondary N) is 1. The summed E-state index contributed by atoms with van der Waals surface area (Å²) in [7, 11) is 1.51. The Morgan fingerprint density at radius 3 is 2.77 bits per heavy atom. The molecule has 39 heavy (non-hydrogen) atoms. The third-order valence-electron chi connectivity index (χ3n) is 6.78. The van der Waals surface area contributed by atoms with E-state index in [9.17, 15) is 24.6 Å². The molecule has 210 valence electrons. The summed E-state index contributed by atoms with van der Waals surface area (Å²) in [5.74, 6) is 0.327. The lowest BCUT2D eigenvalue weighted by atomic mass is 10.0. The zero-order valence-corrected chi connectivity index (χ0v) is 22.0. The Balaban J connectivity index is 1.67. The molecule has 11 nitrogen and oxygen atoms in total. The SMILES string of the molecule is COc1ccc2cc1Oc1cccc(c1)CO[C@H]1CCN(C(=O)CCO)C[C@@H]1NC(=O)CN(CCCO)C2=O. The smallest absolute Gasteiger partial charge is 0.254 e. The van der Waals surface area contributed by atoms with Gasteiger partial charge in [0, 0.05) is 38.2 Å². The number of piperidine rings is 1. The summed E-state index contributed by atoms with van der Waals surface area (Å²) in [6.07, 6.45) is 0.419. The van der Waals surface area contributed by atoms with Crippen molar-refractivity contribution in [3.8, 4) is 17.2 Å². The Labute approximate surface area is 227 Å². The molecule has 1 fully saturated rings. The molecule has 0 unspecified atom stereocenters. The van der Waals surface area contributed by atoms with E-state index in [0.717, 1.165) is 5.56 Å². The molecule has 2 atom stereocenters. The van der Waals surface area contributed by atoms with E-state index in [1.54, 1.807) is 29.2 Å². The van der Waals surface area contributed by atoms with Crippen LogP contribution in [-0.2, 0) is 20.9 Å². The van der Waals surface area contributed by atoms with Gasteiger partial charge in [-0.3, -0.25) is 14.4 Å². The maximum atomic E-state index is 13.5. The molecule has 3 N–H and O–H groups in total. The summed E-state index contributed by atoms with van der Waals surface area (Å²) in [6.45, 7) is 0.460. The van der Waals surface area contributed by atoms with Crippen LogP contribution in [0.4, 0.5) is 0 Å². The van der Waals surface area contributed by atoms with Crippen LogP contribution in [0.2, 0.25) is 0 Å². The minimum atomic E-state index is -0.511. The van der Waals surface area contributed by atoms with Crippen LogP contribution >= 0.6 is 0 Å². The standard InChI is InChI=1S/C28H35N3O8/c1-37-24-7-6-20-15-25(24)39-21-5-2-4-19(14-21)18-38-23-8-11-30(27(35)9-13-33)16-22(23)29-26(34)17-31(28(20)36)10-3-12-32/h2,4-7,14-15,22-23,32-33H,3,8-13,16-18H2,1H3,(H,29,34)/t22-,23-/m0/s1. The molecule has 2 heterocycles. The van der Waals surface area contributed by atoms with Gasteiger partial charge in [-0.2, -0.15) is 0 Å². The summed E-state index contributed by atoms with van der Waals surface area (Å²) in [4.78, 5) is 42.1. The summed E-state index contributed by atoms with van der Waals surface area (Å²) >= 11 is 0. The number of carbonyl (C=O) groups is 3. The van der Waals surface area contributed by atoms with Crippen molar-refractivity contribution in [2.24, 2.45) is 0 Å². The first-order valence-corrected chi connectivity index (χ1v) is 13.1. The summed E-state index contributed by atoms with van der Waals surface area (Å²) < 4.78 is 17.8. The molecular weight excluding hydrogens is 506 g/mol. The van der Waals surface area contributed by atoms with Crippen molar-refractivity contribution in [2.75, 3.05) is 46.5 Å². The number of rotatable bonds is 6. The van der Waals surface area contributed by atoms with E-state index < -0.39 is 17.9 Å². The van der Waals surface area contributed by atoms with E-state index in [2.05, 4.69) is 5.32 Å². The molecule has 3 amide bonds. The van der Waals surface area contributed by atoms with E-state index in [1.807, 2.05) is 18.2 Å². The number of fused-ring (bicyclic) bond motifs is 5. The average molecular weight is 542 g/mol. The highest BCUT2D eigenvalue weighted by Gasteiger charge is 2.34. The number of ether oxygens (including phenoxy) is 3. The van der Waals surface area contributed by atoms with Gasteiger partial charge in [-0.1, -0.05) is 12.1 Å². The Bertz CT molecular complexity index is 1170. The second-order valence-corrected chi connectivity index (χ2v) is 9.54. The molecule has 1 saturated heterocycles. The Hall–Kier alpha value is -3.67. The number of methoxy groups -OCH3 is 1. The van der Waals surface area contributed by atoms with Gasteiger partial charge < -0.3 is 39.5 Å². The predicted molar refractivity (Wildman–Crippen MR) is 141 cm³/mol. The van der Waals surface area contributed by atoms with Crippen LogP contribution in [0.25, 0.3) is 0 Å². The fourth-order valence-electron chi connectivity index (χ4n) is 4.79. The molecule has 2 aliphatic heterocycles. The van der Waals surface area contributed by atoms with Crippen molar-refractivity contribution in [1.82, 2.24) is 15.1 Å². The quantitative estimate of drug-likeness (QED) is 0.498. The number of hydrogen-bond acceptors (Lipinski definition) is 8. The van der Waals surface area contributed by atoms with Gasteiger partial charge in [0.05, 0.1) is 39.0 Å². The topological polar surface area (TPSA) is 138 Å². The van der Waals surface area contributed by atoms with Gasteiger partial charge in [-0.15, -0.1) is 0 Å². The number of nitrogens with zero attached hydrogens (tertiary/aromatic N) is 2. The van der Waals surface area contributed by atoms with Crippen LogP contribution in [-0.4, -0.2) is 96.4 Å². The molecule has 0 radical (unpaired) electrons. The normalized spacial score (nSPS) is 20.1. The lowest BCUT2D eigenvalue weighted by Crippen LogP contribution is -2.58. The van der Waals surface area contributed by atoms with Crippen molar-refractivity contribution in [2.45, 2.75) is 38.0 Å². The third kappa shape index (κ3) is 7.25.